The van der Waals surface area contributed by atoms with Gasteiger partial charge in [-0.1, -0.05) is 40.6 Å². The lowest BCUT2D eigenvalue weighted by molar-refractivity contribution is 0.0388. The summed E-state index contributed by atoms with van der Waals surface area (Å²) in [7, 11) is 0. The van der Waals surface area contributed by atoms with Crippen molar-refractivity contribution in [3.63, 3.8) is 0 Å². The third kappa shape index (κ3) is 5.82. The molecule has 1 unspecified atom stereocenters. The van der Waals surface area contributed by atoms with Crippen LogP contribution in [0.3, 0.4) is 0 Å². The highest BCUT2D eigenvalue weighted by molar-refractivity contribution is 7.22. The minimum atomic E-state index is -0.323. The number of thiazole rings is 1. The van der Waals surface area contributed by atoms with E-state index in [1.54, 1.807) is 18.2 Å². The highest BCUT2D eigenvalue weighted by Gasteiger charge is 2.16. The number of carbonyl (C=O) groups excluding carboxylic acids is 1. The first kappa shape index (κ1) is 23.1. The van der Waals surface area contributed by atoms with Gasteiger partial charge in [0.15, 0.2) is 5.13 Å². The fraction of sp³-hybridized carbons (Fsp3) is 0.364. The normalized spacial score (nSPS) is 15.5. The molecule has 3 aromatic rings. The molecule has 10 heteroatoms. The first-order valence-electron chi connectivity index (χ1n) is 10.4. The van der Waals surface area contributed by atoms with Gasteiger partial charge in [-0.05, 0) is 37.3 Å². The van der Waals surface area contributed by atoms with Gasteiger partial charge in [0.2, 0.25) is 0 Å². The van der Waals surface area contributed by atoms with E-state index in [2.05, 4.69) is 20.5 Å². The van der Waals surface area contributed by atoms with Gasteiger partial charge in [-0.15, -0.1) is 0 Å². The molecule has 1 aromatic heterocycles. The molecule has 1 saturated heterocycles. The standard InChI is InChI=1S/C22H24Cl2N4O3S/c1-14(20-16(23)3-2-4-17(20)24)31-15-5-6-18-19(13-15)32-22(26-18)27-21(29)25-7-8-28-9-11-30-12-10-28/h2-6,13-14H,7-12H2,1H3,(H2,25,26,27,29). The molecule has 7 nitrogen and oxygen atoms in total. The Bertz CT molecular complexity index is 1070. The number of fused-ring (bicyclic) bond motifs is 1. The lowest BCUT2D eigenvalue weighted by Gasteiger charge is -2.26. The molecule has 0 spiro atoms. The summed E-state index contributed by atoms with van der Waals surface area (Å²) in [6, 6.07) is 10.7. The van der Waals surface area contributed by atoms with E-state index in [0.29, 0.717) is 27.5 Å². The van der Waals surface area contributed by atoms with E-state index in [0.717, 1.165) is 48.6 Å². The van der Waals surface area contributed by atoms with E-state index >= 15 is 0 Å². The maximum atomic E-state index is 12.2. The van der Waals surface area contributed by atoms with Crippen molar-refractivity contribution in [3.8, 4) is 5.75 Å². The number of rotatable bonds is 7. The Balaban J connectivity index is 1.34. The summed E-state index contributed by atoms with van der Waals surface area (Å²) in [5.41, 5.74) is 1.53. The van der Waals surface area contributed by atoms with Crippen LogP contribution in [-0.2, 0) is 4.74 Å². The number of amides is 2. The van der Waals surface area contributed by atoms with Crippen LogP contribution in [0, 0.1) is 0 Å². The summed E-state index contributed by atoms with van der Waals surface area (Å²) < 4.78 is 12.3. The zero-order chi connectivity index (χ0) is 22.5. The Morgan fingerprint density at radius 1 is 1.25 bits per heavy atom. The van der Waals surface area contributed by atoms with Gasteiger partial charge in [0.25, 0.3) is 0 Å². The molecule has 0 aliphatic carbocycles. The van der Waals surface area contributed by atoms with Crippen molar-refractivity contribution in [2.45, 2.75) is 13.0 Å². The monoisotopic (exact) mass is 494 g/mol. The highest BCUT2D eigenvalue weighted by atomic mass is 35.5. The molecule has 2 N–H and O–H groups in total. The highest BCUT2D eigenvalue weighted by Crippen LogP contribution is 2.35. The van der Waals surface area contributed by atoms with Gasteiger partial charge in [-0.25, -0.2) is 9.78 Å². The zero-order valence-corrected chi connectivity index (χ0v) is 19.9. The number of nitrogens with zero attached hydrogens (tertiary/aromatic N) is 2. The number of hydrogen-bond acceptors (Lipinski definition) is 6. The van der Waals surface area contributed by atoms with Crippen LogP contribution in [-0.4, -0.2) is 55.3 Å². The molecule has 1 fully saturated rings. The maximum Gasteiger partial charge on any atom is 0.321 e. The SMILES string of the molecule is CC(Oc1ccc2nc(NC(=O)NCCN3CCOCC3)sc2c1)c1c(Cl)cccc1Cl. The summed E-state index contributed by atoms with van der Waals surface area (Å²) in [5.74, 6) is 0.672. The summed E-state index contributed by atoms with van der Waals surface area (Å²) in [5, 5.41) is 7.34. The number of hydrogen-bond donors (Lipinski definition) is 2. The van der Waals surface area contributed by atoms with Crippen molar-refractivity contribution >= 4 is 55.9 Å². The summed E-state index contributed by atoms with van der Waals surface area (Å²) >= 11 is 14.0. The molecule has 0 bridgehead atoms. The number of benzene rings is 2. The molecule has 32 heavy (non-hydrogen) atoms. The second-order valence-electron chi connectivity index (χ2n) is 7.38. The van der Waals surface area contributed by atoms with Gasteiger partial charge in [0, 0.05) is 41.8 Å². The number of halogens is 2. The summed E-state index contributed by atoms with van der Waals surface area (Å²) in [6.07, 6.45) is -0.323. The van der Waals surface area contributed by atoms with Crippen molar-refractivity contribution in [3.05, 3.63) is 52.0 Å². The summed E-state index contributed by atoms with van der Waals surface area (Å²) in [6.45, 7) is 6.54. The number of nitrogens with one attached hydrogen (secondary N) is 2. The van der Waals surface area contributed by atoms with E-state index in [1.807, 2.05) is 25.1 Å². The third-order valence-corrected chi connectivity index (χ3v) is 6.71. The van der Waals surface area contributed by atoms with Crippen LogP contribution in [0.25, 0.3) is 10.2 Å². The van der Waals surface area contributed by atoms with Crippen molar-refractivity contribution in [1.29, 1.82) is 0 Å². The number of aromatic nitrogens is 1. The molecular formula is C22H24Cl2N4O3S. The molecule has 1 aliphatic heterocycles. The molecule has 0 radical (unpaired) electrons. The predicted molar refractivity (Wildman–Crippen MR) is 129 cm³/mol. The second-order valence-corrected chi connectivity index (χ2v) is 9.22. The molecule has 4 rings (SSSR count). The fourth-order valence-electron chi connectivity index (χ4n) is 3.49. The van der Waals surface area contributed by atoms with E-state index in [4.69, 9.17) is 32.7 Å². The van der Waals surface area contributed by atoms with Crippen LogP contribution in [0.15, 0.2) is 36.4 Å². The topological polar surface area (TPSA) is 75.7 Å². The van der Waals surface area contributed by atoms with Gasteiger partial charge in [-0.2, -0.15) is 0 Å². The maximum absolute atomic E-state index is 12.2. The van der Waals surface area contributed by atoms with Crippen LogP contribution in [0.2, 0.25) is 10.0 Å². The third-order valence-electron chi connectivity index (χ3n) is 5.12. The number of morpholine rings is 1. The fourth-order valence-corrected chi connectivity index (χ4v) is 5.08. The Kier molecular flexibility index (Phi) is 7.70. The van der Waals surface area contributed by atoms with E-state index in [9.17, 15) is 4.79 Å². The van der Waals surface area contributed by atoms with E-state index in [-0.39, 0.29) is 12.1 Å². The molecule has 2 heterocycles. The van der Waals surface area contributed by atoms with Crippen LogP contribution < -0.4 is 15.4 Å². The van der Waals surface area contributed by atoms with Crippen molar-refractivity contribution in [2.24, 2.45) is 0 Å². The molecule has 170 valence electrons. The Morgan fingerprint density at radius 3 is 2.75 bits per heavy atom. The largest absolute Gasteiger partial charge is 0.486 e. The number of anilines is 1. The quantitative estimate of drug-likeness (QED) is 0.472. The minimum Gasteiger partial charge on any atom is -0.486 e. The molecule has 1 aliphatic rings. The molecule has 2 aromatic carbocycles. The molecular weight excluding hydrogens is 471 g/mol. The average molecular weight is 495 g/mol. The Hall–Kier alpha value is -2.10. The lowest BCUT2D eigenvalue weighted by atomic mass is 10.1. The average Bonchev–Trinajstić information content (AvgIpc) is 3.15. The Morgan fingerprint density at radius 2 is 2.00 bits per heavy atom. The second kappa shape index (κ2) is 10.7. The first-order valence-corrected chi connectivity index (χ1v) is 11.9. The van der Waals surface area contributed by atoms with Gasteiger partial charge in [-0.3, -0.25) is 10.2 Å². The van der Waals surface area contributed by atoms with Gasteiger partial charge >= 0.3 is 6.03 Å². The number of urea groups is 1. The lowest BCUT2D eigenvalue weighted by Crippen LogP contribution is -2.42. The predicted octanol–water partition coefficient (Wildman–Crippen LogP) is 5.20. The number of carbonyl (C=O) groups is 1. The van der Waals surface area contributed by atoms with Crippen molar-refractivity contribution in [1.82, 2.24) is 15.2 Å². The van der Waals surface area contributed by atoms with Crippen LogP contribution in [0.1, 0.15) is 18.6 Å². The van der Waals surface area contributed by atoms with E-state index < -0.39 is 0 Å². The van der Waals surface area contributed by atoms with Crippen molar-refractivity contribution < 1.29 is 14.3 Å². The van der Waals surface area contributed by atoms with E-state index in [1.165, 1.54) is 11.3 Å². The smallest absolute Gasteiger partial charge is 0.321 e. The molecule has 0 saturated carbocycles. The van der Waals surface area contributed by atoms with Crippen molar-refractivity contribution in [2.75, 3.05) is 44.7 Å². The zero-order valence-electron chi connectivity index (χ0n) is 17.6. The first-order chi connectivity index (χ1) is 15.5. The van der Waals surface area contributed by atoms with Crippen LogP contribution in [0.5, 0.6) is 5.75 Å². The number of ether oxygens (including phenoxy) is 2. The molecule has 2 amide bonds. The van der Waals surface area contributed by atoms with Gasteiger partial charge < -0.3 is 14.8 Å². The van der Waals surface area contributed by atoms with Crippen LogP contribution >= 0.6 is 34.5 Å². The summed E-state index contributed by atoms with van der Waals surface area (Å²) in [4.78, 5) is 19.0. The molecule has 1 atom stereocenters. The van der Waals surface area contributed by atoms with Crippen LogP contribution in [0.4, 0.5) is 9.93 Å². The van der Waals surface area contributed by atoms with Gasteiger partial charge in [0.05, 0.1) is 23.4 Å². The Labute approximate surface area is 200 Å². The minimum absolute atomic E-state index is 0.268. The van der Waals surface area contributed by atoms with Gasteiger partial charge in [0.1, 0.15) is 11.9 Å².